The van der Waals surface area contributed by atoms with E-state index in [0.717, 1.165) is 62.5 Å². The zero-order chi connectivity index (χ0) is 41.1. The van der Waals surface area contributed by atoms with Gasteiger partial charge in [0.2, 0.25) is 0 Å². The highest BCUT2D eigenvalue weighted by Gasteiger charge is 2.48. The highest BCUT2D eigenvalue weighted by atomic mass is 16.6. The third-order valence-corrected chi connectivity index (χ3v) is 12.3. The van der Waals surface area contributed by atoms with E-state index in [9.17, 15) is 19.2 Å². The quantitative estimate of drug-likeness (QED) is 0.113. The number of ether oxygens (including phenoxy) is 2. The lowest BCUT2D eigenvalue weighted by Gasteiger charge is -2.53. The summed E-state index contributed by atoms with van der Waals surface area (Å²) in [6.07, 6.45) is 7.52. The molecule has 0 spiro atoms. The van der Waals surface area contributed by atoms with Gasteiger partial charge in [-0.1, -0.05) is 24.3 Å². The van der Waals surface area contributed by atoms with Crippen LogP contribution in [0, 0.1) is 21.6 Å². The van der Waals surface area contributed by atoms with Crippen LogP contribution in [0.5, 0.6) is 0 Å². The van der Waals surface area contributed by atoms with Crippen LogP contribution in [-0.4, -0.2) is 121 Å². The Bertz CT molecular complexity index is 1620. The molecule has 6 amide bonds. The van der Waals surface area contributed by atoms with Gasteiger partial charge in [-0.05, 0) is 97.6 Å². The molecule has 18 heteroatoms. The van der Waals surface area contributed by atoms with Crippen LogP contribution in [0.25, 0.3) is 0 Å². The lowest BCUT2D eigenvalue weighted by molar-refractivity contribution is -0.0402. The van der Waals surface area contributed by atoms with E-state index >= 15 is 0 Å². The largest absolute Gasteiger partial charge is 0.449 e. The molecule has 2 heterocycles. The van der Waals surface area contributed by atoms with E-state index in [2.05, 4.69) is 21.3 Å². The summed E-state index contributed by atoms with van der Waals surface area (Å²) in [5.74, 6) is -0.275. The van der Waals surface area contributed by atoms with Gasteiger partial charge in [0.15, 0.2) is 11.9 Å². The second kappa shape index (κ2) is 19.0. The number of carbonyl (C=O) groups is 4. The van der Waals surface area contributed by atoms with Crippen molar-refractivity contribution in [3.63, 3.8) is 0 Å². The summed E-state index contributed by atoms with van der Waals surface area (Å²) < 4.78 is 11.5. The Morgan fingerprint density at radius 2 is 0.845 bits per heavy atom. The lowest BCUT2D eigenvalue weighted by Crippen LogP contribution is -2.53. The number of urea groups is 2. The first-order valence-corrected chi connectivity index (χ1v) is 20.2. The average Bonchev–Trinajstić information content (AvgIpc) is 3.23. The first kappa shape index (κ1) is 41.7. The summed E-state index contributed by atoms with van der Waals surface area (Å²) in [7, 11) is 0. The van der Waals surface area contributed by atoms with Crippen LogP contribution in [0.1, 0.15) is 62.5 Å². The molecule has 2 saturated heterocycles. The average molecular weight is 803 g/mol. The van der Waals surface area contributed by atoms with E-state index in [0.29, 0.717) is 90.0 Å². The van der Waals surface area contributed by atoms with Crippen molar-refractivity contribution >= 4 is 47.5 Å². The van der Waals surface area contributed by atoms with E-state index in [1.54, 1.807) is 43.9 Å². The molecule has 10 N–H and O–H groups in total. The van der Waals surface area contributed by atoms with Crippen LogP contribution in [-0.2, 0) is 22.6 Å². The van der Waals surface area contributed by atoms with E-state index < -0.39 is 0 Å². The van der Waals surface area contributed by atoms with E-state index in [-0.39, 0.29) is 47.0 Å². The van der Waals surface area contributed by atoms with Crippen molar-refractivity contribution in [3.8, 4) is 0 Å². The normalized spacial score (nSPS) is 21.4. The first-order chi connectivity index (χ1) is 27.9. The molecule has 2 aliphatic heterocycles. The lowest BCUT2D eigenvalue weighted by atomic mass is 9.52. The van der Waals surface area contributed by atoms with Crippen LogP contribution in [0.3, 0.4) is 0 Å². The molecule has 58 heavy (non-hydrogen) atoms. The van der Waals surface area contributed by atoms with Crippen LogP contribution < -0.4 is 32.7 Å². The Hall–Kier alpha value is -5.94. The van der Waals surface area contributed by atoms with Gasteiger partial charge in [0.05, 0.1) is 13.2 Å². The smallest absolute Gasteiger partial charge is 0.409 e. The van der Waals surface area contributed by atoms with Crippen LogP contribution in [0.2, 0.25) is 0 Å². The Labute approximate surface area is 339 Å². The zero-order valence-corrected chi connectivity index (χ0v) is 33.2. The number of amides is 6. The van der Waals surface area contributed by atoms with Crippen molar-refractivity contribution in [2.45, 2.75) is 64.5 Å². The fourth-order valence-electron chi connectivity index (χ4n) is 8.47. The molecule has 3 aliphatic carbocycles. The van der Waals surface area contributed by atoms with Gasteiger partial charge in [-0.2, -0.15) is 0 Å². The molecule has 7 rings (SSSR count). The number of benzene rings is 2. The monoisotopic (exact) mass is 802 g/mol. The predicted octanol–water partition coefficient (Wildman–Crippen LogP) is 4.05. The minimum atomic E-state index is -0.327. The fraction of sp³-hybridized carbons (Fsp3) is 0.550. The molecule has 5 fully saturated rings. The molecule has 2 bridgehead atoms. The molecular formula is C40H58N12O6. The Kier molecular flexibility index (Phi) is 13.7. The van der Waals surface area contributed by atoms with E-state index in [4.69, 9.17) is 31.8 Å². The van der Waals surface area contributed by atoms with Crippen LogP contribution >= 0.6 is 0 Å². The van der Waals surface area contributed by atoms with Gasteiger partial charge in [0.1, 0.15) is 0 Å². The van der Waals surface area contributed by atoms with Crippen molar-refractivity contribution in [2.24, 2.45) is 22.3 Å². The van der Waals surface area contributed by atoms with Gasteiger partial charge in [-0.15, -0.1) is 0 Å². The molecule has 2 aromatic carbocycles. The van der Waals surface area contributed by atoms with Crippen LogP contribution in [0.15, 0.2) is 48.5 Å². The third kappa shape index (κ3) is 11.3. The van der Waals surface area contributed by atoms with Crippen molar-refractivity contribution < 1.29 is 28.7 Å². The zero-order valence-electron chi connectivity index (χ0n) is 33.2. The molecule has 0 radical (unpaired) electrons. The van der Waals surface area contributed by atoms with Crippen molar-refractivity contribution in [2.75, 3.05) is 76.2 Å². The number of carbonyl (C=O) groups excluding carboxylic acids is 4. The molecule has 314 valence electrons. The van der Waals surface area contributed by atoms with E-state index in [1.807, 2.05) is 24.3 Å². The highest BCUT2D eigenvalue weighted by molar-refractivity contribution is 5.90. The van der Waals surface area contributed by atoms with Crippen molar-refractivity contribution in [1.29, 1.82) is 10.8 Å². The Morgan fingerprint density at radius 3 is 1.16 bits per heavy atom. The summed E-state index contributed by atoms with van der Waals surface area (Å²) in [4.78, 5) is 58.0. The minimum absolute atomic E-state index is 0.138. The molecule has 0 atom stereocenters. The number of hydrogen-bond donors (Lipinski definition) is 8. The van der Waals surface area contributed by atoms with Crippen molar-refractivity contribution in [3.05, 3.63) is 59.7 Å². The molecule has 18 nitrogen and oxygen atoms in total. The van der Waals surface area contributed by atoms with Gasteiger partial charge < -0.3 is 61.8 Å². The predicted molar refractivity (Wildman–Crippen MR) is 219 cm³/mol. The SMILES string of the molecule is N=C(N)Nc1ccc(CNC(=O)N2CCN(C(=O)OCCC34CCC(CCOC(=O)N5CCN(C(=O)NCc6ccc(NC(=N)N)cc6)CC5)(CC3)CC4)CC2)cc1. The molecule has 3 saturated carbocycles. The number of rotatable bonds is 12. The summed E-state index contributed by atoms with van der Waals surface area (Å²) >= 11 is 0. The second-order valence-electron chi connectivity index (χ2n) is 16.0. The fourth-order valence-corrected chi connectivity index (χ4v) is 8.47. The maximum atomic E-state index is 12.9. The standard InChI is InChI=1S/C40H58N12O6/c41-33(42)47-31-5-1-29(2-6-31)27-45-35(53)49-17-21-51(22-18-49)37(55)57-25-15-39-9-12-40(13-10-39,14-11-39)16-26-58-38(56)52-23-19-50(20-24-52)36(54)46-28-30-3-7-32(8-4-30)48-34(43)44/h1-8H,9-28H2,(H,45,53)(H,46,54)(H4,41,42,47)(H4,43,44,48). The van der Waals surface area contributed by atoms with Gasteiger partial charge in [-0.3, -0.25) is 10.8 Å². The number of hydrogen-bond acceptors (Lipinski definition) is 8. The number of nitrogens with zero attached hydrogens (tertiary/aromatic N) is 4. The number of nitrogens with two attached hydrogens (primary N) is 2. The van der Waals surface area contributed by atoms with Gasteiger partial charge >= 0.3 is 24.2 Å². The topological polar surface area (TPSA) is 248 Å². The summed E-state index contributed by atoms with van der Waals surface area (Å²) in [5.41, 5.74) is 14.3. The van der Waals surface area contributed by atoms with Crippen molar-refractivity contribution in [1.82, 2.24) is 30.2 Å². The second-order valence-corrected chi connectivity index (χ2v) is 16.0. The molecular weight excluding hydrogens is 745 g/mol. The van der Waals surface area contributed by atoms with Gasteiger partial charge in [0.25, 0.3) is 0 Å². The maximum absolute atomic E-state index is 12.9. The maximum Gasteiger partial charge on any atom is 0.409 e. The summed E-state index contributed by atoms with van der Waals surface area (Å²) in [6.45, 7) is 4.90. The van der Waals surface area contributed by atoms with Crippen LogP contribution in [0.4, 0.5) is 30.6 Å². The highest BCUT2D eigenvalue weighted by Crippen LogP contribution is 2.59. The van der Waals surface area contributed by atoms with E-state index in [1.165, 1.54) is 0 Å². The number of guanidine groups is 2. The number of anilines is 2. The third-order valence-electron chi connectivity index (χ3n) is 12.3. The molecule has 0 unspecified atom stereocenters. The molecule has 2 aromatic rings. The van der Waals surface area contributed by atoms with Gasteiger partial charge in [-0.25, -0.2) is 19.2 Å². The number of nitrogens with one attached hydrogen (secondary N) is 6. The Morgan fingerprint density at radius 1 is 0.534 bits per heavy atom. The molecule has 0 aromatic heterocycles. The minimum Gasteiger partial charge on any atom is -0.449 e. The summed E-state index contributed by atoms with van der Waals surface area (Å²) in [5, 5.41) is 25.9. The van der Waals surface area contributed by atoms with Gasteiger partial charge in [0, 0.05) is 76.8 Å². The molecule has 5 aliphatic rings. The number of piperazine rings is 2. The summed E-state index contributed by atoms with van der Waals surface area (Å²) in [6, 6.07) is 14.3. The first-order valence-electron chi connectivity index (χ1n) is 20.2. The Balaban J connectivity index is 0.808. The number of fused-ring (bicyclic) bond motifs is 3.